The zero-order valence-electron chi connectivity index (χ0n) is 24.6. The number of carbonyl (C=O) groups excluding carboxylic acids is 3. The Morgan fingerprint density at radius 1 is 1.05 bits per heavy atom. The van der Waals surface area contributed by atoms with Gasteiger partial charge in [-0.2, -0.15) is 0 Å². The molecule has 0 radical (unpaired) electrons. The van der Waals surface area contributed by atoms with Crippen molar-refractivity contribution in [3.63, 3.8) is 0 Å². The van der Waals surface area contributed by atoms with Gasteiger partial charge in [-0.3, -0.25) is 14.4 Å². The molecule has 1 aliphatic heterocycles. The van der Waals surface area contributed by atoms with Gasteiger partial charge >= 0.3 is 0 Å². The summed E-state index contributed by atoms with van der Waals surface area (Å²) in [6, 6.07) is 10.4. The summed E-state index contributed by atoms with van der Waals surface area (Å²) in [4.78, 5) is 50.5. The van der Waals surface area contributed by atoms with Crippen LogP contribution in [0.5, 0.6) is 5.75 Å². The molecule has 0 bridgehead atoms. The van der Waals surface area contributed by atoms with Crippen LogP contribution in [0.4, 0.5) is 0 Å². The first-order valence-corrected chi connectivity index (χ1v) is 14.1. The maximum absolute atomic E-state index is 13.6. The molecule has 3 N–H and O–H groups in total. The van der Waals surface area contributed by atoms with Crippen molar-refractivity contribution in [2.24, 2.45) is 5.73 Å². The second kappa shape index (κ2) is 12.4. The third kappa shape index (κ3) is 7.12. The number of aromatic amines is 1. The fourth-order valence-electron chi connectivity index (χ4n) is 5.08. The third-order valence-corrected chi connectivity index (χ3v) is 7.50. The predicted molar refractivity (Wildman–Crippen MR) is 157 cm³/mol. The number of Topliss-reactive ketones (excluding diaryl/α,β-unsaturated/α-hetero) is 1. The van der Waals surface area contributed by atoms with Crippen LogP contribution in [0.1, 0.15) is 68.2 Å². The first kappa shape index (κ1) is 30.2. The number of rotatable bonds is 11. The van der Waals surface area contributed by atoms with Gasteiger partial charge in [-0.05, 0) is 65.8 Å². The van der Waals surface area contributed by atoms with E-state index in [1.54, 1.807) is 29.3 Å². The monoisotopic (exact) mass is 563 g/mol. The van der Waals surface area contributed by atoms with Crippen molar-refractivity contribution in [2.45, 2.75) is 64.7 Å². The summed E-state index contributed by atoms with van der Waals surface area (Å²) in [6.07, 6.45) is 4.46. The van der Waals surface area contributed by atoms with E-state index in [0.29, 0.717) is 55.0 Å². The van der Waals surface area contributed by atoms with Crippen molar-refractivity contribution in [3.8, 4) is 5.75 Å². The van der Waals surface area contributed by atoms with Crippen LogP contribution < -0.4 is 10.5 Å². The van der Waals surface area contributed by atoms with Gasteiger partial charge in [0.25, 0.3) is 17.6 Å². The second-order valence-electron chi connectivity index (χ2n) is 11.8. The highest BCUT2D eigenvalue weighted by Gasteiger charge is 2.35. The van der Waals surface area contributed by atoms with Gasteiger partial charge in [0.15, 0.2) is 0 Å². The topological polar surface area (TPSA) is 131 Å². The van der Waals surface area contributed by atoms with Crippen LogP contribution in [0.3, 0.4) is 0 Å². The molecule has 1 fully saturated rings. The van der Waals surface area contributed by atoms with Gasteiger partial charge in [-0.15, -0.1) is 0 Å². The number of nitrogens with zero attached hydrogens (tertiary/aromatic N) is 3. The molecule has 3 aromatic rings. The molecule has 2 aromatic heterocycles. The lowest BCUT2D eigenvalue weighted by atomic mass is 10.0. The number of ketones is 1. The number of nitrogens with one attached hydrogen (secondary N) is 1. The Kier molecular flexibility index (Phi) is 9.14. The summed E-state index contributed by atoms with van der Waals surface area (Å²) >= 11 is 0. The molecule has 0 aliphatic carbocycles. The van der Waals surface area contributed by atoms with E-state index in [-0.39, 0.29) is 29.7 Å². The molecule has 1 aliphatic rings. The Morgan fingerprint density at radius 2 is 1.78 bits per heavy atom. The van der Waals surface area contributed by atoms with Gasteiger partial charge in [0.05, 0.1) is 23.2 Å². The number of fused-ring (bicyclic) bond motifs is 1. The van der Waals surface area contributed by atoms with Crippen LogP contribution in [0.2, 0.25) is 0 Å². The van der Waals surface area contributed by atoms with E-state index in [4.69, 9.17) is 15.2 Å². The Balaban J connectivity index is 1.46. The highest BCUT2D eigenvalue weighted by atomic mass is 16.5. The van der Waals surface area contributed by atoms with Gasteiger partial charge < -0.3 is 30.0 Å². The molecular formula is C31H41N5O5. The number of aromatic nitrogens is 2. The first-order chi connectivity index (χ1) is 19.4. The van der Waals surface area contributed by atoms with Crippen LogP contribution in [0.15, 0.2) is 48.8 Å². The van der Waals surface area contributed by atoms with Gasteiger partial charge in [-0.25, -0.2) is 4.98 Å². The zero-order chi connectivity index (χ0) is 29.8. The highest BCUT2D eigenvalue weighted by Crippen LogP contribution is 2.32. The lowest BCUT2D eigenvalue weighted by Crippen LogP contribution is -2.56. The maximum Gasteiger partial charge on any atom is 0.295 e. The molecule has 1 aromatic carbocycles. The average Bonchev–Trinajstić information content (AvgIpc) is 3.37. The van der Waals surface area contributed by atoms with Gasteiger partial charge in [-0.1, -0.05) is 18.2 Å². The van der Waals surface area contributed by atoms with E-state index in [1.807, 2.05) is 52.8 Å². The lowest BCUT2D eigenvalue weighted by Gasteiger charge is -2.39. The fourth-order valence-corrected chi connectivity index (χ4v) is 5.08. The van der Waals surface area contributed by atoms with Crippen molar-refractivity contribution in [3.05, 3.63) is 59.9 Å². The molecule has 0 unspecified atom stereocenters. The molecule has 4 rings (SSSR count). The number of carbonyl (C=O) groups is 3. The van der Waals surface area contributed by atoms with Gasteiger partial charge in [0.2, 0.25) is 0 Å². The van der Waals surface area contributed by atoms with Crippen molar-refractivity contribution < 1.29 is 23.9 Å². The minimum atomic E-state index is -0.645. The normalized spacial score (nSPS) is 16.2. The number of hydrogen-bond donors (Lipinski definition) is 2. The second-order valence-corrected chi connectivity index (χ2v) is 11.8. The third-order valence-electron chi connectivity index (χ3n) is 7.50. The van der Waals surface area contributed by atoms with Crippen molar-refractivity contribution in [1.29, 1.82) is 0 Å². The van der Waals surface area contributed by atoms with Crippen LogP contribution in [0, 0.1) is 0 Å². The number of piperazine rings is 1. The van der Waals surface area contributed by atoms with Crippen molar-refractivity contribution in [1.82, 2.24) is 19.8 Å². The molecule has 220 valence electrons. The zero-order valence-corrected chi connectivity index (χ0v) is 24.6. The highest BCUT2D eigenvalue weighted by molar-refractivity contribution is 6.45. The summed E-state index contributed by atoms with van der Waals surface area (Å²) in [5, 5.41) is 0.467. The molecule has 10 nitrogen and oxygen atoms in total. The molecule has 3 heterocycles. The van der Waals surface area contributed by atoms with E-state index < -0.39 is 17.3 Å². The number of nitrogens with two attached hydrogens (primary N) is 1. The number of H-pyrrole nitrogens is 1. The molecule has 2 amide bonds. The Bertz CT molecular complexity index is 1380. The lowest BCUT2D eigenvalue weighted by molar-refractivity contribution is -0.130. The molecule has 1 atom stereocenters. The van der Waals surface area contributed by atoms with E-state index in [9.17, 15) is 14.4 Å². The smallest absolute Gasteiger partial charge is 0.295 e. The number of hydrogen-bond acceptors (Lipinski definition) is 7. The summed E-state index contributed by atoms with van der Waals surface area (Å²) in [5.41, 5.74) is 6.01. The maximum atomic E-state index is 13.6. The number of benzene rings is 1. The fraction of sp³-hybridized carbons (Fsp3) is 0.484. The first-order valence-electron chi connectivity index (χ1n) is 14.1. The largest absolute Gasteiger partial charge is 0.487 e. The minimum Gasteiger partial charge on any atom is -0.487 e. The molecular weight excluding hydrogens is 522 g/mol. The molecule has 41 heavy (non-hydrogen) atoms. The summed E-state index contributed by atoms with van der Waals surface area (Å²) in [6.45, 7) is 11.8. The van der Waals surface area contributed by atoms with Crippen molar-refractivity contribution in [2.75, 3.05) is 32.8 Å². The summed E-state index contributed by atoms with van der Waals surface area (Å²) in [7, 11) is 0. The minimum absolute atomic E-state index is 0.0867. The number of pyridine rings is 1. The van der Waals surface area contributed by atoms with Crippen molar-refractivity contribution >= 4 is 28.6 Å². The average molecular weight is 564 g/mol. The standard InChI is InChI=1S/C31H41N5O5/c1-21-20-35(28(38)22-9-7-6-8-10-22)16-17-36(21)29(39)26(37)23-19-34-27-25(23)24(11-15-33-27)41-31(4,5)13-18-40-30(2,3)12-14-32/h6-11,15,19,21H,12-14,16-18,20,32H2,1-5H3,(H,33,34)/t21-/m1/s1. The quantitative estimate of drug-likeness (QED) is 0.268. The van der Waals surface area contributed by atoms with Gasteiger partial charge in [0.1, 0.15) is 17.0 Å². The van der Waals surface area contributed by atoms with E-state index >= 15 is 0 Å². The molecule has 10 heteroatoms. The Labute approximate surface area is 241 Å². The van der Waals surface area contributed by atoms with Crippen LogP contribution in [-0.4, -0.2) is 87.4 Å². The van der Waals surface area contributed by atoms with E-state index in [2.05, 4.69) is 9.97 Å². The van der Waals surface area contributed by atoms with Crippen LogP contribution in [-0.2, 0) is 9.53 Å². The van der Waals surface area contributed by atoms with E-state index in [1.165, 1.54) is 11.1 Å². The van der Waals surface area contributed by atoms with Crippen LogP contribution in [0.25, 0.3) is 11.0 Å². The molecule has 0 saturated carbocycles. The molecule has 1 saturated heterocycles. The number of ether oxygens (including phenoxy) is 2. The summed E-state index contributed by atoms with van der Waals surface area (Å²) < 4.78 is 12.4. The van der Waals surface area contributed by atoms with Crippen LogP contribution >= 0.6 is 0 Å². The Morgan fingerprint density at radius 3 is 2.46 bits per heavy atom. The molecule has 0 spiro atoms. The van der Waals surface area contributed by atoms with Gasteiger partial charge in [0, 0.05) is 50.1 Å². The Hall–Kier alpha value is -3.76. The predicted octanol–water partition coefficient (Wildman–Crippen LogP) is 3.81. The van der Waals surface area contributed by atoms with E-state index in [0.717, 1.165) is 6.42 Å². The number of amides is 2. The SMILES string of the molecule is C[C@@H]1CN(C(=O)c2ccccc2)CCN1C(=O)C(=O)c1c[nH]c2nccc(OC(C)(C)CCOC(C)(C)CCN)c12. The summed E-state index contributed by atoms with van der Waals surface area (Å²) in [5.74, 6) is -0.885.